The largest absolute Gasteiger partial charge is 0.247 e. The second-order valence-electron chi connectivity index (χ2n) is 1.09. The zero-order chi connectivity index (χ0) is 5.82. The topological polar surface area (TPSA) is 58.6 Å². The van der Waals surface area contributed by atoms with Gasteiger partial charge < -0.3 is 0 Å². The number of nitrogens with zero attached hydrogens (tertiary/aromatic N) is 2. The standard InChI is InChI=1S/C3H3N3OS/c7-8-3-1-2-4-6-5-3/h1-2H,(H,4,5). The summed E-state index contributed by atoms with van der Waals surface area (Å²) in [4.78, 5) is 0. The zero-order valence-electron chi connectivity index (χ0n) is 3.87. The van der Waals surface area contributed by atoms with Gasteiger partial charge in [0.05, 0.1) is 6.20 Å². The molecule has 0 amide bonds. The van der Waals surface area contributed by atoms with Crippen LogP contribution in [0.2, 0.25) is 0 Å². The minimum atomic E-state index is 0.361. The van der Waals surface area contributed by atoms with Gasteiger partial charge in [0, 0.05) is 0 Å². The van der Waals surface area contributed by atoms with Crippen LogP contribution < -0.4 is 0 Å². The molecule has 0 aliphatic rings. The molecule has 1 heterocycles. The molecule has 0 aromatic carbocycles. The van der Waals surface area contributed by atoms with Crippen molar-refractivity contribution in [3.63, 3.8) is 0 Å². The lowest BCUT2D eigenvalue weighted by atomic mass is 10.7. The van der Waals surface area contributed by atoms with Gasteiger partial charge in [0.1, 0.15) is 11.3 Å². The maximum Gasteiger partial charge on any atom is 0.152 e. The third-order valence-electron chi connectivity index (χ3n) is 0.600. The Kier molecular flexibility index (Phi) is 1.53. The van der Waals surface area contributed by atoms with E-state index >= 15 is 0 Å². The van der Waals surface area contributed by atoms with E-state index in [0.29, 0.717) is 15.9 Å². The second-order valence-corrected chi connectivity index (χ2v) is 1.70. The van der Waals surface area contributed by atoms with Crippen molar-refractivity contribution >= 4 is 11.3 Å². The first-order valence-corrected chi connectivity index (χ1v) is 2.67. The molecule has 0 radical (unpaired) electrons. The van der Waals surface area contributed by atoms with Gasteiger partial charge in [0.15, 0.2) is 4.64 Å². The highest BCUT2D eigenvalue weighted by Gasteiger charge is 1.71. The van der Waals surface area contributed by atoms with E-state index in [4.69, 9.17) is 0 Å². The molecule has 42 valence electrons. The molecule has 1 aromatic heterocycles. The number of H-pyrrole nitrogens is 1. The molecule has 4 nitrogen and oxygen atoms in total. The van der Waals surface area contributed by atoms with Crippen molar-refractivity contribution in [2.24, 2.45) is 0 Å². The van der Waals surface area contributed by atoms with Crippen LogP contribution in [-0.4, -0.2) is 19.6 Å². The van der Waals surface area contributed by atoms with Crippen LogP contribution >= 0.6 is 0 Å². The van der Waals surface area contributed by atoms with Crippen molar-refractivity contribution in [2.45, 2.75) is 0 Å². The summed E-state index contributed by atoms with van der Waals surface area (Å²) in [5.41, 5.74) is 0. The van der Waals surface area contributed by atoms with Crippen molar-refractivity contribution in [1.29, 1.82) is 0 Å². The fraction of sp³-hybridized carbons (Fsp3) is 0. The maximum absolute atomic E-state index is 9.95. The Balaban J connectivity index is 3.41. The van der Waals surface area contributed by atoms with E-state index in [9.17, 15) is 4.21 Å². The molecular weight excluding hydrogens is 126 g/mol. The van der Waals surface area contributed by atoms with Gasteiger partial charge in [-0.15, -0.1) is 5.10 Å². The molecule has 0 saturated heterocycles. The summed E-state index contributed by atoms with van der Waals surface area (Å²) in [5, 5.41) is 9.20. The number of rotatable bonds is 0. The van der Waals surface area contributed by atoms with E-state index < -0.39 is 0 Å². The van der Waals surface area contributed by atoms with Gasteiger partial charge >= 0.3 is 0 Å². The molecule has 0 unspecified atom stereocenters. The van der Waals surface area contributed by atoms with E-state index in [1.165, 1.54) is 6.20 Å². The zero-order valence-corrected chi connectivity index (χ0v) is 4.68. The van der Waals surface area contributed by atoms with E-state index in [2.05, 4.69) is 15.4 Å². The first-order chi connectivity index (χ1) is 3.93. The number of aromatic nitrogens is 3. The summed E-state index contributed by atoms with van der Waals surface area (Å²) in [7, 11) is 0. The molecule has 1 N–H and O–H groups in total. The summed E-state index contributed by atoms with van der Waals surface area (Å²) in [6.45, 7) is 0. The Hall–Kier alpha value is -0.970. The smallest absolute Gasteiger partial charge is 0.152 e. The van der Waals surface area contributed by atoms with Gasteiger partial charge in [-0.25, -0.2) is 9.31 Å². The number of nitrogens with one attached hydrogen (secondary N) is 1. The third kappa shape index (κ3) is 1.00. The van der Waals surface area contributed by atoms with Crippen molar-refractivity contribution in [3.8, 4) is 0 Å². The Morgan fingerprint density at radius 1 is 1.75 bits per heavy atom. The lowest BCUT2D eigenvalue weighted by molar-refractivity contribution is 0.698. The molecule has 0 aliphatic heterocycles. The average Bonchev–Trinajstić information content (AvgIpc) is 1.90. The van der Waals surface area contributed by atoms with E-state index in [-0.39, 0.29) is 0 Å². The summed E-state index contributed by atoms with van der Waals surface area (Å²) in [6.07, 6.45) is 1.46. The monoisotopic (exact) mass is 129 g/mol. The molecule has 1 aromatic rings. The van der Waals surface area contributed by atoms with Crippen molar-refractivity contribution < 1.29 is 4.21 Å². The lowest BCUT2D eigenvalue weighted by Crippen LogP contribution is -1.83. The minimum absolute atomic E-state index is 0.361. The molecule has 0 saturated carbocycles. The normalized spacial score (nSPS) is 8.50. The summed E-state index contributed by atoms with van der Waals surface area (Å²) in [5.74, 6) is 0. The van der Waals surface area contributed by atoms with Gasteiger partial charge in [0.2, 0.25) is 0 Å². The van der Waals surface area contributed by atoms with Crippen molar-refractivity contribution in [2.75, 3.05) is 0 Å². The summed E-state index contributed by atoms with van der Waals surface area (Å²) >= 11 is 0.361. The Morgan fingerprint density at radius 3 is 3.00 bits per heavy atom. The Labute approximate surface area is 48.6 Å². The first-order valence-electron chi connectivity index (χ1n) is 1.92. The molecule has 1 rings (SSSR count). The molecular formula is C3H3N3OS. The van der Waals surface area contributed by atoms with E-state index in [1.54, 1.807) is 6.07 Å². The van der Waals surface area contributed by atoms with Crippen molar-refractivity contribution in [1.82, 2.24) is 15.4 Å². The Bertz CT molecular complexity index is 233. The van der Waals surface area contributed by atoms with Crippen LogP contribution in [0.4, 0.5) is 0 Å². The second kappa shape index (κ2) is 2.37. The first kappa shape index (κ1) is 5.17. The van der Waals surface area contributed by atoms with Gasteiger partial charge in [-0.05, 0) is 6.07 Å². The highest BCUT2D eigenvalue weighted by molar-refractivity contribution is 7.56. The van der Waals surface area contributed by atoms with Gasteiger partial charge in [-0.2, -0.15) is 0 Å². The van der Waals surface area contributed by atoms with Gasteiger partial charge in [-0.1, -0.05) is 5.21 Å². The lowest BCUT2D eigenvalue weighted by Gasteiger charge is -1.74. The fourth-order valence-corrected chi connectivity index (χ4v) is 0.491. The highest BCUT2D eigenvalue weighted by atomic mass is 32.1. The van der Waals surface area contributed by atoms with Gasteiger partial charge in [0.25, 0.3) is 0 Å². The van der Waals surface area contributed by atoms with E-state index in [1.807, 2.05) is 0 Å². The van der Waals surface area contributed by atoms with Crippen LogP contribution in [0, 0.1) is 4.64 Å². The number of hydrogen-bond acceptors (Lipinski definition) is 3. The van der Waals surface area contributed by atoms with Crippen molar-refractivity contribution in [3.05, 3.63) is 16.9 Å². The molecule has 0 atom stereocenters. The van der Waals surface area contributed by atoms with Crippen LogP contribution in [0.3, 0.4) is 0 Å². The summed E-state index contributed by atoms with van der Waals surface area (Å²) in [6, 6.07) is 1.56. The van der Waals surface area contributed by atoms with Crippen LogP contribution in [0.1, 0.15) is 0 Å². The third-order valence-corrected chi connectivity index (χ3v) is 1.01. The van der Waals surface area contributed by atoms with Crippen LogP contribution in [0.15, 0.2) is 12.3 Å². The Morgan fingerprint density at radius 2 is 2.62 bits per heavy atom. The average molecular weight is 129 g/mol. The molecule has 0 aliphatic carbocycles. The molecule has 0 bridgehead atoms. The molecule has 8 heavy (non-hydrogen) atoms. The minimum Gasteiger partial charge on any atom is -0.247 e. The van der Waals surface area contributed by atoms with Crippen LogP contribution in [0.25, 0.3) is 0 Å². The quantitative estimate of drug-likeness (QED) is 0.482. The number of hydrogen-bond donors (Lipinski definition) is 1. The number of aromatic amines is 1. The SMILES string of the molecule is O=S=c1ccnn[nH]1. The van der Waals surface area contributed by atoms with Crippen LogP contribution in [0.5, 0.6) is 0 Å². The van der Waals surface area contributed by atoms with Gasteiger partial charge in [-0.3, -0.25) is 0 Å². The predicted octanol–water partition coefficient (Wildman–Crippen LogP) is -0.450. The fourth-order valence-electron chi connectivity index (χ4n) is 0.296. The van der Waals surface area contributed by atoms with Crippen LogP contribution in [-0.2, 0) is 11.3 Å². The molecule has 0 fully saturated rings. The molecule has 5 heteroatoms. The maximum atomic E-state index is 9.95. The highest BCUT2D eigenvalue weighted by Crippen LogP contribution is 1.69. The molecule has 0 spiro atoms. The predicted molar refractivity (Wildman–Crippen MR) is 27.8 cm³/mol. The van der Waals surface area contributed by atoms with E-state index in [0.717, 1.165) is 0 Å². The summed E-state index contributed by atoms with van der Waals surface area (Å²) < 4.78 is 10.4.